The number of nitrogens with zero attached hydrogens (tertiary/aromatic N) is 3. The molecule has 7 nitrogen and oxygen atoms in total. The molecule has 0 bridgehead atoms. The molecule has 2 aromatic rings. The molecule has 0 unspecified atom stereocenters. The lowest BCUT2D eigenvalue weighted by Gasteiger charge is -2.08. The van der Waals surface area contributed by atoms with E-state index in [1.165, 1.54) is 18.9 Å². The van der Waals surface area contributed by atoms with E-state index < -0.39 is 5.91 Å². The normalized spacial score (nSPS) is 13.5. The molecule has 1 fully saturated rings. The number of carbonyl (C=O) groups excluding carboxylic acids is 2. The maximum Gasteiger partial charge on any atom is 0.261 e. The standard InChI is InChI=1S/C17H20N4O3S/c1-3-21-15(11-8-9-11)19-20-17(21)25-10-14(22)18-16(23)12-6-4-5-7-13(12)24-2/h4-7,11H,3,8-10H2,1-2H3,(H,18,22,23). The van der Waals surface area contributed by atoms with E-state index in [0.717, 1.165) is 25.2 Å². The summed E-state index contributed by atoms with van der Waals surface area (Å²) in [5.41, 5.74) is 0.330. The van der Waals surface area contributed by atoms with Crippen molar-refractivity contribution in [1.29, 1.82) is 0 Å². The van der Waals surface area contributed by atoms with E-state index in [9.17, 15) is 9.59 Å². The Morgan fingerprint density at radius 1 is 1.32 bits per heavy atom. The summed E-state index contributed by atoms with van der Waals surface area (Å²) in [5, 5.41) is 11.5. The Bertz CT molecular complexity index is 786. The molecule has 1 heterocycles. The zero-order chi connectivity index (χ0) is 17.8. The molecule has 1 aliphatic rings. The third-order valence-electron chi connectivity index (χ3n) is 3.94. The van der Waals surface area contributed by atoms with Gasteiger partial charge in [-0.1, -0.05) is 23.9 Å². The van der Waals surface area contributed by atoms with Crippen LogP contribution in [0.1, 0.15) is 41.9 Å². The van der Waals surface area contributed by atoms with Gasteiger partial charge in [0, 0.05) is 12.5 Å². The number of ether oxygens (including phenoxy) is 1. The number of nitrogens with one attached hydrogen (secondary N) is 1. The number of amides is 2. The van der Waals surface area contributed by atoms with E-state index in [1.54, 1.807) is 24.3 Å². The van der Waals surface area contributed by atoms with Crippen LogP contribution in [-0.2, 0) is 11.3 Å². The van der Waals surface area contributed by atoms with Crippen molar-refractivity contribution in [2.45, 2.75) is 37.4 Å². The topological polar surface area (TPSA) is 86.1 Å². The molecule has 0 radical (unpaired) electrons. The van der Waals surface area contributed by atoms with Crippen molar-refractivity contribution in [1.82, 2.24) is 20.1 Å². The van der Waals surface area contributed by atoms with Gasteiger partial charge in [-0.3, -0.25) is 14.9 Å². The highest BCUT2D eigenvalue weighted by Crippen LogP contribution is 2.39. The van der Waals surface area contributed by atoms with Crippen LogP contribution >= 0.6 is 11.8 Å². The maximum absolute atomic E-state index is 12.2. The smallest absolute Gasteiger partial charge is 0.261 e. The molecule has 0 atom stereocenters. The number of hydrogen-bond acceptors (Lipinski definition) is 6. The number of aromatic nitrogens is 3. The average Bonchev–Trinajstić information content (AvgIpc) is 3.39. The number of benzene rings is 1. The van der Waals surface area contributed by atoms with Crippen LogP contribution < -0.4 is 10.1 Å². The number of thioether (sulfide) groups is 1. The number of imide groups is 1. The highest BCUT2D eigenvalue weighted by Gasteiger charge is 2.30. The highest BCUT2D eigenvalue weighted by molar-refractivity contribution is 7.99. The summed E-state index contributed by atoms with van der Waals surface area (Å²) in [6.07, 6.45) is 2.30. The molecule has 1 N–H and O–H groups in total. The zero-order valence-electron chi connectivity index (χ0n) is 14.2. The average molecular weight is 360 g/mol. The van der Waals surface area contributed by atoms with E-state index >= 15 is 0 Å². The van der Waals surface area contributed by atoms with E-state index in [4.69, 9.17) is 4.74 Å². The number of para-hydroxylation sites is 1. The lowest BCUT2D eigenvalue weighted by atomic mass is 10.2. The summed E-state index contributed by atoms with van der Waals surface area (Å²) >= 11 is 1.29. The van der Waals surface area contributed by atoms with Crippen molar-refractivity contribution in [3.8, 4) is 5.75 Å². The molecule has 3 rings (SSSR count). The number of hydrogen-bond donors (Lipinski definition) is 1. The van der Waals surface area contributed by atoms with Gasteiger partial charge in [0.2, 0.25) is 5.91 Å². The summed E-state index contributed by atoms with van der Waals surface area (Å²) in [7, 11) is 1.48. The Kier molecular flexibility index (Phi) is 5.37. The second-order valence-corrected chi connectivity index (χ2v) is 6.67. The fourth-order valence-corrected chi connectivity index (χ4v) is 3.35. The maximum atomic E-state index is 12.2. The molecule has 1 aromatic heterocycles. The summed E-state index contributed by atoms with van der Waals surface area (Å²) in [4.78, 5) is 24.3. The first-order chi connectivity index (χ1) is 12.1. The van der Waals surface area contributed by atoms with Gasteiger partial charge in [0.1, 0.15) is 11.6 Å². The summed E-state index contributed by atoms with van der Waals surface area (Å²) in [6.45, 7) is 2.80. The molecule has 132 valence electrons. The Balaban J connectivity index is 1.59. The molecule has 1 aliphatic carbocycles. The fourth-order valence-electron chi connectivity index (χ4n) is 2.54. The molecule has 0 spiro atoms. The van der Waals surface area contributed by atoms with Crippen LogP contribution in [0.4, 0.5) is 0 Å². The molecule has 8 heteroatoms. The number of methoxy groups -OCH3 is 1. The highest BCUT2D eigenvalue weighted by atomic mass is 32.2. The second-order valence-electron chi connectivity index (χ2n) is 5.73. The van der Waals surface area contributed by atoms with Gasteiger partial charge in [-0.15, -0.1) is 10.2 Å². The van der Waals surface area contributed by atoms with E-state index in [1.807, 2.05) is 11.5 Å². The lowest BCUT2D eigenvalue weighted by molar-refractivity contribution is -0.117. The van der Waals surface area contributed by atoms with Crippen LogP contribution in [0.25, 0.3) is 0 Å². The lowest BCUT2D eigenvalue weighted by Crippen LogP contribution is -2.32. The van der Waals surface area contributed by atoms with Crippen LogP contribution in [0, 0.1) is 0 Å². The van der Waals surface area contributed by atoms with Gasteiger partial charge < -0.3 is 9.30 Å². The van der Waals surface area contributed by atoms with Gasteiger partial charge in [-0.25, -0.2) is 0 Å². The first-order valence-electron chi connectivity index (χ1n) is 8.17. The van der Waals surface area contributed by atoms with Crippen molar-refractivity contribution >= 4 is 23.6 Å². The molecule has 2 amide bonds. The summed E-state index contributed by atoms with van der Waals surface area (Å²) in [5.74, 6) is 1.18. The molecule has 0 saturated heterocycles. The van der Waals surface area contributed by atoms with Crippen LogP contribution in [0.3, 0.4) is 0 Å². The first-order valence-corrected chi connectivity index (χ1v) is 9.15. The molecular formula is C17H20N4O3S. The van der Waals surface area contributed by atoms with Crippen molar-refractivity contribution in [3.05, 3.63) is 35.7 Å². The summed E-state index contributed by atoms with van der Waals surface area (Å²) < 4.78 is 7.18. The molecule has 25 heavy (non-hydrogen) atoms. The van der Waals surface area contributed by atoms with E-state index in [0.29, 0.717) is 22.4 Å². The minimum absolute atomic E-state index is 0.101. The molecule has 1 saturated carbocycles. The van der Waals surface area contributed by atoms with Crippen LogP contribution in [-0.4, -0.2) is 39.4 Å². The van der Waals surface area contributed by atoms with Gasteiger partial charge in [-0.2, -0.15) is 0 Å². The van der Waals surface area contributed by atoms with Crippen molar-refractivity contribution in [2.24, 2.45) is 0 Å². The molecular weight excluding hydrogens is 340 g/mol. The Morgan fingerprint density at radius 3 is 2.76 bits per heavy atom. The number of carbonyl (C=O) groups is 2. The van der Waals surface area contributed by atoms with Crippen molar-refractivity contribution in [3.63, 3.8) is 0 Å². The Labute approximate surface area is 150 Å². The third-order valence-corrected chi connectivity index (χ3v) is 4.91. The monoisotopic (exact) mass is 360 g/mol. The Hall–Kier alpha value is -2.35. The van der Waals surface area contributed by atoms with Crippen molar-refractivity contribution in [2.75, 3.05) is 12.9 Å². The predicted octanol–water partition coefficient (Wildman–Crippen LogP) is 2.23. The minimum atomic E-state index is -0.473. The fraction of sp³-hybridized carbons (Fsp3) is 0.412. The van der Waals surface area contributed by atoms with Crippen molar-refractivity contribution < 1.29 is 14.3 Å². The van der Waals surface area contributed by atoms with Crippen LogP contribution in [0.15, 0.2) is 29.4 Å². The first kappa shape index (κ1) is 17.5. The van der Waals surface area contributed by atoms with Gasteiger partial charge in [0.25, 0.3) is 5.91 Å². The van der Waals surface area contributed by atoms with E-state index in [2.05, 4.69) is 15.5 Å². The summed E-state index contributed by atoms with van der Waals surface area (Å²) in [6, 6.07) is 6.78. The minimum Gasteiger partial charge on any atom is -0.496 e. The molecule has 0 aliphatic heterocycles. The third kappa shape index (κ3) is 4.01. The second kappa shape index (κ2) is 7.69. The van der Waals surface area contributed by atoms with Gasteiger partial charge in [-0.05, 0) is 31.9 Å². The predicted molar refractivity (Wildman–Crippen MR) is 93.9 cm³/mol. The van der Waals surface area contributed by atoms with Gasteiger partial charge >= 0.3 is 0 Å². The largest absolute Gasteiger partial charge is 0.496 e. The number of rotatable bonds is 7. The SMILES string of the molecule is CCn1c(SCC(=O)NC(=O)c2ccccc2OC)nnc1C1CC1. The molecule has 1 aromatic carbocycles. The quantitative estimate of drug-likeness (QED) is 0.762. The van der Waals surface area contributed by atoms with Gasteiger partial charge in [0.05, 0.1) is 18.4 Å². The zero-order valence-corrected chi connectivity index (χ0v) is 15.0. The van der Waals surface area contributed by atoms with Crippen LogP contribution in [0.5, 0.6) is 5.75 Å². The van der Waals surface area contributed by atoms with E-state index in [-0.39, 0.29) is 11.7 Å². The van der Waals surface area contributed by atoms with Crippen LogP contribution in [0.2, 0.25) is 0 Å². The van der Waals surface area contributed by atoms with Gasteiger partial charge in [0.15, 0.2) is 5.16 Å². The Morgan fingerprint density at radius 2 is 2.08 bits per heavy atom.